The van der Waals surface area contributed by atoms with E-state index in [-0.39, 0.29) is 30.4 Å². The molecule has 3 rings (SSSR count). The number of nitrogens with zero attached hydrogens (tertiary/aromatic N) is 3. The van der Waals surface area contributed by atoms with Crippen LogP contribution >= 0.6 is 0 Å². The fourth-order valence-electron chi connectivity index (χ4n) is 3.44. The lowest BCUT2D eigenvalue weighted by molar-refractivity contribution is -0.135. The van der Waals surface area contributed by atoms with E-state index in [0.717, 1.165) is 6.42 Å². The van der Waals surface area contributed by atoms with Gasteiger partial charge in [0.2, 0.25) is 10.0 Å². The third kappa shape index (κ3) is 5.61. The van der Waals surface area contributed by atoms with Crippen molar-refractivity contribution < 1.29 is 23.1 Å². The number of carboxylic acids is 1. The number of fused-ring (bicyclic) bond motifs is 1. The highest BCUT2D eigenvalue weighted by atomic mass is 32.2. The van der Waals surface area contributed by atoms with Crippen molar-refractivity contribution in [3.63, 3.8) is 0 Å². The van der Waals surface area contributed by atoms with Crippen molar-refractivity contribution in [2.24, 2.45) is 0 Å². The van der Waals surface area contributed by atoms with Crippen LogP contribution in [0.15, 0.2) is 27.9 Å². The number of rotatable bonds is 12. The van der Waals surface area contributed by atoms with Gasteiger partial charge in [0, 0.05) is 19.5 Å². The Hall–Kier alpha value is -3.29. The normalized spacial score (nSPS) is 11.7. The fraction of sp³-hybridized carbons (Fsp3) is 0.429. The number of hydrogen-bond donors (Lipinski definition) is 4. The Kier molecular flexibility index (Phi) is 8.02. The van der Waals surface area contributed by atoms with Crippen LogP contribution in [0, 0.1) is 6.92 Å². The molecule has 0 radical (unpaired) electrons. The molecule has 2 aromatic heterocycles. The zero-order valence-electron chi connectivity index (χ0n) is 19.2. The number of aliphatic carboxylic acids is 1. The minimum absolute atomic E-state index is 0.00606. The number of carbonyl (C=O) groups is 1. The van der Waals surface area contributed by atoms with Gasteiger partial charge < -0.3 is 20.1 Å². The predicted molar refractivity (Wildman–Crippen MR) is 125 cm³/mol. The maximum absolute atomic E-state index is 12.8. The van der Waals surface area contributed by atoms with Crippen molar-refractivity contribution in [3.8, 4) is 17.1 Å². The van der Waals surface area contributed by atoms with Gasteiger partial charge in [0.25, 0.3) is 5.56 Å². The molecule has 184 valence electrons. The predicted octanol–water partition coefficient (Wildman–Crippen LogP) is 0.697. The largest absolute Gasteiger partial charge is 0.493 e. The van der Waals surface area contributed by atoms with E-state index in [1.165, 1.54) is 22.7 Å². The lowest BCUT2D eigenvalue weighted by Crippen LogP contribution is -2.34. The van der Waals surface area contributed by atoms with Crippen molar-refractivity contribution in [2.45, 2.75) is 38.5 Å². The van der Waals surface area contributed by atoms with E-state index in [1.807, 2.05) is 6.92 Å². The number of aryl methyl sites for hydroxylation is 2. The van der Waals surface area contributed by atoms with Crippen LogP contribution in [0.2, 0.25) is 0 Å². The van der Waals surface area contributed by atoms with E-state index in [4.69, 9.17) is 9.84 Å². The molecule has 0 spiro atoms. The van der Waals surface area contributed by atoms with E-state index in [1.54, 1.807) is 13.8 Å². The molecule has 0 amide bonds. The van der Waals surface area contributed by atoms with Crippen LogP contribution in [0.4, 0.5) is 0 Å². The Labute approximate surface area is 196 Å². The second kappa shape index (κ2) is 10.8. The summed E-state index contributed by atoms with van der Waals surface area (Å²) in [6, 6.07) is 4.28. The van der Waals surface area contributed by atoms with Gasteiger partial charge in [-0.05, 0) is 38.5 Å². The number of ether oxygens (including phenoxy) is 1. The molecule has 0 unspecified atom stereocenters. The molecule has 2 heterocycles. The minimum Gasteiger partial charge on any atom is -0.493 e. The van der Waals surface area contributed by atoms with Gasteiger partial charge in [0.05, 0.1) is 29.3 Å². The van der Waals surface area contributed by atoms with E-state index < -0.39 is 21.6 Å². The number of sulfonamides is 1. The molecular formula is C21H28N6O6S. The first-order valence-electron chi connectivity index (χ1n) is 10.9. The molecule has 0 fully saturated rings. The average Bonchev–Trinajstić information content (AvgIpc) is 3.09. The van der Waals surface area contributed by atoms with Crippen LogP contribution in [0.5, 0.6) is 5.75 Å². The van der Waals surface area contributed by atoms with Crippen LogP contribution in [-0.2, 0) is 21.2 Å². The first-order chi connectivity index (χ1) is 16.2. The first-order valence-corrected chi connectivity index (χ1v) is 12.3. The van der Waals surface area contributed by atoms with Gasteiger partial charge in [-0.15, -0.1) is 5.10 Å². The van der Waals surface area contributed by atoms with E-state index in [9.17, 15) is 18.0 Å². The van der Waals surface area contributed by atoms with Crippen LogP contribution in [-0.4, -0.2) is 65.3 Å². The van der Waals surface area contributed by atoms with Crippen molar-refractivity contribution in [1.82, 2.24) is 29.6 Å². The summed E-state index contributed by atoms with van der Waals surface area (Å²) in [5.74, 6) is 0.115. The van der Waals surface area contributed by atoms with Crippen LogP contribution in [0.1, 0.15) is 31.8 Å². The summed E-state index contributed by atoms with van der Waals surface area (Å²) in [6.45, 7) is 5.71. The van der Waals surface area contributed by atoms with Crippen molar-refractivity contribution >= 4 is 21.5 Å². The number of hydrogen-bond acceptors (Lipinski definition) is 8. The maximum Gasteiger partial charge on any atom is 0.317 e. The number of imidazole rings is 1. The third-order valence-corrected chi connectivity index (χ3v) is 6.36. The highest BCUT2D eigenvalue weighted by Crippen LogP contribution is 2.30. The van der Waals surface area contributed by atoms with Gasteiger partial charge in [-0.2, -0.15) is 0 Å². The Morgan fingerprint density at radius 2 is 2.03 bits per heavy atom. The van der Waals surface area contributed by atoms with Crippen LogP contribution in [0.25, 0.3) is 16.9 Å². The summed E-state index contributed by atoms with van der Waals surface area (Å²) in [7, 11) is -3.92. The van der Waals surface area contributed by atoms with Crippen LogP contribution < -0.4 is 20.3 Å². The highest BCUT2D eigenvalue weighted by Gasteiger charge is 2.20. The van der Waals surface area contributed by atoms with Crippen molar-refractivity contribution in [1.29, 1.82) is 0 Å². The van der Waals surface area contributed by atoms with Gasteiger partial charge in [-0.1, -0.05) is 6.92 Å². The summed E-state index contributed by atoms with van der Waals surface area (Å²) in [5, 5.41) is 15.8. The molecule has 34 heavy (non-hydrogen) atoms. The molecular weight excluding hydrogens is 464 g/mol. The lowest BCUT2D eigenvalue weighted by Gasteiger charge is -2.13. The Morgan fingerprint density at radius 1 is 1.26 bits per heavy atom. The summed E-state index contributed by atoms with van der Waals surface area (Å²) in [4.78, 5) is 30.5. The lowest BCUT2D eigenvalue weighted by atomic mass is 10.2. The smallest absolute Gasteiger partial charge is 0.317 e. The van der Waals surface area contributed by atoms with Gasteiger partial charge in [-0.25, -0.2) is 22.6 Å². The monoisotopic (exact) mass is 492 g/mol. The van der Waals surface area contributed by atoms with Crippen LogP contribution in [0.3, 0.4) is 0 Å². The fourth-order valence-corrected chi connectivity index (χ4v) is 4.50. The summed E-state index contributed by atoms with van der Waals surface area (Å²) in [5.41, 5.74) is 0.813. The average molecular weight is 493 g/mol. The standard InChI is InChI=1S/C21H28N6O6S/c1-4-6-17-24-13(3)19-21(30)25-20(26-27(17)19)15-11-14(7-8-16(15)33-5-2)34(31,32)23-10-9-22-12-18(28)29/h7-8,11,22-23H,4-6,9-10,12H2,1-3H3,(H,28,29)(H,25,26,30). The van der Waals surface area contributed by atoms with Gasteiger partial charge in [-0.3, -0.25) is 9.59 Å². The molecule has 0 bridgehead atoms. The van der Waals surface area contributed by atoms with Gasteiger partial charge in [0.15, 0.2) is 11.3 Å². The number of benzene rings is 1. The molecule has 4 N–H and O–H groups in total. The molecule has 0 aliphatic heterocycles. The highest BCUT2D eigenvalue weighted by molar-refractivity contribution is 7.89. The molecule has 0 atom stereocenters. The zero-order chi connectivity index (χ0) is 24.9. The van der Waals surface area contributed by atoms with E-state index >= 15 is 0 Å². The zero-order valence-corrected chi connectivity index (χ0v) is 20.0. The van der Waals surface area contributed by atoms with E-state index in [2.05, 4.69) is 25.1 Å². The Bertz CT molecular complexity index is 1350. The summed E-state index contributed by atoms with van der Waals surface area (Å²) in [6.07, 6.45) is 1.44. The molecule has 0 aliphatic carbocycles. The molecule has 0 aliphatic rings. The number of nitrogens with one attached hydrogen (secondary N) is 3. The number of H-pyrrole nitrogens is 1. The molecule has 12 nitrogen and oxygen atoms in total. The second-order valence-electron chi connectivity index (χ2n) is 7.49. The second-order valence-corrected chi connectivity index (χ2v) is 9.25. The van der Waals surface area contributed by atoms with Crippen molar-refractivity contribution in [2.75, 3.05) is 26.2 Å². The minimum atomic E-state index is -3.92. The molecule has 3 aromatic rings. The number of aromatic amines is 1. The van der Waals surface area contributed by atoms with Crippen molar-refractivity contribution in [3.05, 3.63) is 40.1 Å². The number of aromatic nitrogens is 4. The number of carboxylic acid groups (broad SMARTS) is 1. The van der Waals surface area contributed by atoms with Gasteiger partial charge >= 0.3 is 5.97 Å². The third-order valence-electron chi connectivity index (χ3n) is 4.90. The molecule has 0 saturated carbocycles. The summed E-state index contributed by atoms with van der Waals surface area (Å²) < 4.78 is 35.2. The first kappa shape index (κ1) is 25.3. The van der Waals surface area contributed by atoms with E-state index in [0.29, 0.717) is 41.4 Å². The topological polar surface area (TPSA) is 168 Å². The quantitative estimate of drug-likeness (QED) is 0.266. The maximum atomic E-state index is 12.8. The molecule has 1 aromatic carbocycles. The summed E-state index contributed by atoms with van der Waals surface area (Å²) >= 11 is 0. The Morgan fingerprint density at radius 3 is 2.71 bits per heavy atom. The van der Waals surface area contributed by atoms with Gasteiger partial charge in [0.1, 0.15) is 11.6 Å². The SMILES string of the molecule is CCCc1nc(C)c2c(=O)[nH]c(-c3cc(S(=O)(=O)NCCNCC(=O)O)ccc3OCC)nn12. The molecule has 13 heteroatoms. The molecule has 0 saturated heterocycles. The Balaban J connectivity index is 2.01.